The minimum absolute atomic E-state index is 0.120. The van der Waals surface area contributed by atoms with Crippen LogP contribution in [0.4, 0.5) is 10.2 Å². The zero-order valence-corrected chi connectivity index (χ0v) is 15.8. The van der Waals surface area contributed by atoms with E-state index in [1.54, 1.807) is 31.2 Å². The van der Waals surface area contributed by atoms with Gasteiger partial charge in [0.1, 0.15) is 23.5 Å². The Labute approximate surface area is 170 Å². The maximum atomic E-state index is 13.8. The number of aromatic amines is 1. The van der Waals surface area contributed by atoms with Gasteiger partial charge in [-0.1, -0.05) is 18.2 Å². The number of hydrogen-bond donors (Lipinski definition) is 2. The maximum Gasteiger partial charge on any atom is 0.266 e. The minimum Gasteiger partial charge on any atom is -0.358 e. The van der Waals surface area contributed by atoms with E-state index in [0.717, 1.165) is 6.07 Å². The summed E-state index contributed by atoms with van der Waals surface area (Å²) in [4.78, 5) is 33.3. The Morgan fingerprint density at radius 3 is 2.83 bits per heavy atom. The summed E-state index contributed by atoms with van der Waals surface area (Å²) < 4.78 is 24.2. The molecule has 0 spiro atoms. The predicted octanol–water partition coefficient (Wildman–Crippen LogP) is 3.36. The highest BCUT2D eigenvalue weighted by Crippen LogP contribution is 2.23. The van der Waals surface area contributed by atoms with Gasteiger partial charge in [0.15, 0.2) is 11.5 Å². The number of nitrogens with one attached hydrogen (secondary N) is 2. The van der Waals surface area contributed by atoms with E-state index in [9.17, 15) is 9.18 Å². The van der Waals surface area contributed by atoms with Crippen molar-refractivity contribution < 1.29 is 5.76 Å². The summed E-state index contributed by atoms with van der Waals surface area (Å²) in [5.74, 6) is -0.0738. The monoisotopic (exact) mass is 402 g/mol. The number of H-pyrrole nitrogens is 1. The number of halogens is 1. The highest BCUT2D eigenvalue weighted by Gasteiger charge is 2.20. The third-order valence-electron chi connectivity index (χ3n) is 4.71. The van der Waals surface area contributed by atoms with Crippen molar-refractivity contribution in [3.05, 3.63) is 83.2 Å². The van der Waals surface area contributed by atoms with E-state index < -0.39 is 17.4 Å². The van der Waals surface area contributed by atoms with Crippen LogP contribution in [0.15, 0.2) is 66.0 Å². The SMILES string of the molecule is [2H][C@@](C)(Nc1ncnc2nc[nH]c12)c1nc2ccc(F)cc2c(=O)n1-c1ccccc1. The Hall–Kier alpha value is -4.14. The van der Waals surface area contributed by atoms with Gasteiger partial charge in [0.2, 0.25) is 0 Å². The number of nitrogens with zero attached hydrogens (tertiary/aromatic N) is 5. The lowest BCUT2D eigenvalue weighted by Gasteiger charge is -2.20. The average molecular weight is 402 g/mol. The first-order valence-corrected chi connectivity index (χ1v) is 9.14. The second-order valence-corrected chi connectivity index (χ2v) is 6.65. The summed E-state index contributed by atoms with van der Waals surface area (Å²) in [5.41, 5.74) is 1.30. The summed E-state index contributed by atoms with van der Waals surface area (Å²) in [5, 5.41) is 3.15. The van der Waals surface area contributed by atoms with E-state index in [2.05, 4.69) is 30.2 Å². The van der Waals surface area contributed by atoms with Gasteiger partial charge < -0.3 is 10.3 Å². The molecule has 9 heteroatoms. The first-order chi connectivity index (χ1) is 14.9. The van der Waals surface area contributed by atoms with E-state index in [1.807, 2.05) is 6.07 Å². The molecule has 0 radical (unpaired) electrons. The third kappa shape index (κ3) is 2.96. The van der Waals surface area contributed by atoms with Crippen LogP contribution in [0.2, 0.25) is 0 Å². The van der Waals surface area contributed by atoms with Crippen LogP contribution >= 0.6 is 0 Å². The zero-order valence-electron chi connectivity index (χ0n) is 16.8. The molecule has 0 saturated heterocycles. The van der Waals surface area contributed by atoms with E-state index in [0.29, 0.717) is 28.2 Å². The molecule has 0 aliphatic carbocycles. The molecule has 0 amide bonds. The van der Waals surface area contributed by atoms with Gasteiger partial charge in [-0.15, -0.1) is 0 Å². The highest BCUT2D eigenvalue weighted by molar-refractivity contribution is 5.82. The van der Waals surface area contributed by atoms with Gasteiger partial charge in [-0.3, -0.25) is 9.36 Å². The number of benzene rings is 2. The van der Waals surface area contributed by atoms with Crippen molar-refractivity contribution in [1.82, 2.24) is 29.5 Å². The molecule has 0 aliphatic heterocycles. The molecule has 1 atom stereocenters. The van der Waals surface area contributed by atoms with E-state index in [-0.39, 0.29) is 11.2 Å². The van der Waals surface area contributed by atoms with Crippen LogP contribution in [-0.2, 0) is 0 Å². The summed E-state index contributed by atoms with van der Waals surface area (Å²) in [6, 6.07) is 11.0. The quantitative estimate of drug-likeness (QED) is 0.478. The zero-order chi connectivity index (χ0) is 21.6. The summed E-state index contributed by atoms with van der Waals surface area (Å²) in [6.07, 6.45) is 2.82. The molecule has 0 saturated carbocycles. The van der Waals surface area contributed by atoms with Gasteiger partial charge in [-0.2, -0.15) is 0 Å². The fourth-order valence-corrected chi connectivity index (χ4v) is 3.32. The van der Waals surface area contributed by atoms with Crippen molar-refractivity contribution in [3.8, 4) is 5.69 Å². The topological polar surface area (TPSA) is 101 Å². The summed E-state index contributed by atoms with van der Waals surface area (Å²) in [6.45, 7) is 1.56. The van der Waals surface area contributed by atoms with Crippen molar-refractivity contribution in [2.24, 2.45) is 0 Å². The molecule has 8 nitrogen and oxygen atoms in total. The molecule has 0 aliphatic rings. The second kappa shape index (κ2) is 7.03. The number of aromatic nitrogens is 6. The lowest BCUT2D eigenvalue weighted by Crippen LogP contribution is -2.27. The number of anilines is 1. The molecule has 3 heterocycles. The van der Waals surface area contributed by atoms with E-state index in [4.69, 9.17) is 1.37 Å². The van der Waals surface area contributed by atoms with Crippen molar-refractivity contribution in [1.29, 1.82) is 0 Å². The largest absolute Gasteiger partial charge is 0.358 e. The Morgan fingerprint density at radius 2 is 2.00 bits per heavy atom. The number of rotatable bonds is 4. The Kier molecular flexibility index (Phi) is 3.93. The lowest BCUT2D eigenvalue weighted by atomic mass is 10.2. The number of fused-ring (bicyclic) bond motifs is 2. The van der Waals surface area contributed by atoms with Gasteiger partial charge in [-0.05, 0) is 37.3 Å². The maximum absolute atomic E-state index is 13.8. The normalized spacial score (nSPS) is 13.9. The molecule has 2 N–H and O–H groups in total. The molecule has 0 unspecified atom stereocenters. The fourth-order valence-electron chi connectivity index (χ4n) is 3.32. The van der Waals surface area contributed by atoms with E-state index in [1.165, 1.54) is 29.4 Å². The lowest BCUT2D eigenvalue weighted by molar-refractivity contribution is 0.629. The van der Waals surface area contributed by atoms with Gasteiger partial charge in [0, 0.05) is 0 Å². The van der Waals surface area contributed by atoms with E-state index >= 15 is 0 Å². The highest BCUT2D eigenvalue weighted by atomic mass is 19.1. The van der Waals surface area contributed by atoms with Crippen LogP contribution in [0.5, 0.6) is 0 Å². The van der Waals surface area contributed by atoms with Crippen LogP contribution in [0.25, 0.3) is 27.8 Å². The molecular weight excluding hydrogens is 385 g/mol. The molecule has 0 fully saturated rings. The predicted molar refractivity (Wildman–Crippen MR) is 111 cm³/mol. The standard InChI is InChI=1S/C21H16FN7O/c1-12(27-19-17-18(24-10-23-17)25-11-26-19)20-28-16-8-7-13(22)9-15(16)21(30)29(20)14-5-3-2-4-6-14/h2-12H,1H3,(H2,23,24,25,26,27)/t12-/m0/s1/i12D. The minimum atomic E-state index is -1.59. The first kappa shape index (κ1) is 16.8. The summed E-state index contributed by atoms with van der Waals surface area (Å²) in [7, 11) is 0. The smallest absolute Gasteiger partial charge is 0.266 e. The van der Waals surface area contributed by atoms with Crippen molar-refractivity contribution >= 4 is 27.9 Å². The Balaban J connectivity index is 1.75. The van der Waals surface area contributed by atoms with Crippen molar-refractivity contribution in [2.75, 3.05) is 5.32 Å². The fraction of sp³-hybridized carbons (Fsp3) is 0.0952. The molecule has 5 aromatic rings. The Morgan fingerprint density at radius 1 is 1.17 bits per heavy atom. The molecule has 0 bridgehead atoms. The number of para-hydroxylation sites is 1. The van der Waals surface area contributed by atoms with Crippen LogP contribution < -0.4 is 10.9 Å². The molecule has 2 aromatic carbocycles. The second-order valence-electron chi connectivity index (χ2n) is 6.65. The van der Waals surface area contributed by atoms with Gasteiger partial charge in [0.05, 0.1) is 30.3 Å². The molecular formula is C21H16FN7O. The molecule has 3 aromatic heterocycles. The third-order valence-corrected chi connectivity index (χ3v) is 4.71. The molecule has 148 valence electrons. The number of imidazole rings is 1. The molecule has 30 heavy (non-hydrogen) atoms. The first-order valence-electron chi connectivity index (χ1n) is 9.64. The van der Waals surface area contributed by atoms with Crippen molar-refractivity contribution in [2.45, 2.75) is 12.9 Å². The van der Waals surface area contributed by atoms with Crippen LogP contribution in [0.1, 0.15) is 20.1 Å². The number of hydrogen-bond acceptors (Lipinski definition) is 6. The van der Waals surface area contributed by atoms with Gasteiger partial charge >= 0.3 is 0 Å². The summed E-state index contributed by atoms with van der Waals surface area (Å²) >= 11 is 0. The van der Waals surface area contributed by atoms with Crippen LogP contribution in [0.3, 0.4) is 0 Å². The Bertz CT molecular complexity index is 1480. The van der Waals surface area contributed by atoms with Crippen LogP contribution in [0, 0.1) is 5.82 Å². The van der Waals surface area contributed by atoms with Gasteiger partial charge in [0.25, 0.3) is 5.56 Å². The molecule has 5 rings (SSSR count). The van der Waals surface area contributed by atoms with Gasteiger partial charge in [-0.25, -0.2) is 24.3 Å². The van der Waals surface area contributed by atoms with Crippen molar-refractivity contribution in [3.63, 3.8) is 0 Å². The van der Waals surface area contributed by atoms with Crippen LogP contribution in [-0.4, -0.2) is 29.5 Å². The average Bonchev–Trinajstić information content (AvgIpc) is 3.24.